The van der Waals surface area contributed by atoms with Crippen LogP contribution in [-0.4, -0.2) is 21.8 Å². The van der Waals surface area contributed by atoms with Gasteiger partial charge in [-0.1, -0.05) is 26.2 Å². The predicted octanol–water partition coefficient (Wildman–Crippen LogP) is 4.48. The van der Waals surface area contributed by atoms with E-state index in [1.54, 1.807) is 0 Å². The van der Waals surface area contributed by atoms with E-state index < -0.39 is 0 Å². The van der Waals surface area contributed by atoms with Gasteiger partial charge in [-0.25, -0.2) is 9.97 Å². The summed E-state index contributed by atoms with van der Waals surface area (Å²) in [6, 6.07) is 0. The maximum Gasteiger partial charge on any atom is 0.140 e. The molecule has 0 atom stereocenters. The Morgan fingerprint density at radius 2 is 1.90 bits per heavy atom. The molecule has 1 fully saturated rings. The molecule has 20 heavy (non-hydrogen) atoms. The van der Waals surface area contributed by atoms with E-state index in [9.17, 15) is 0 Å². The third-order valence-electron chi connectivity index (χ3n) is 3.98. The van der Waals surface area contributed by atoms with E-state index in [2.05, 4.69) is 31.1 Å². The topological polar surface area (TPSA) is 37.8 Å². The molecule has 1 saturated carbocycles. The summed E-state index contributed by atoms with van der Waals surface area (Å²) >= 11 is 2.04. The Morgan fingerprint density at radius 1 is 1.15 bits per heavy atom. The van der Waals surface area contributed by atoms with E-state index in [1.807, 2.05) is 11.8 Å². The summed E-state index contributed by atoms with van der Waals surface area (Å²) < 4.78 is 0. The van der Waals surface area contributed by atoms with Crippen molar-refractivity contribution in [3.8, 4) is 0 Å². The number of anilines is 1. The molecule has 1 aromatic rings. The van der Waals surface area contributed by atoms with Crippen molar-refractivity contribution >= 4 is 17.6 Å². The van der Waals surface area contributed by atoms with Gasteiger partial charge in [-0.15, -0.1) is 0 Å². The first-order valence-electron chi connectivity index (χ1n) is 7.90. The summed E-state index contributed by atoms with van der Waals surface area (Å²) in [6.45, 7) is 7.34. The van der Waals surface area contributed by atoms with Crippen LogP contribution in [0.25, 0.3) is 0 Å². The fourth-order valence-corrected chi connectivity index (χ4v) is 3.77. The molecule has 2 rings (SSSR count). The second-order valence-corrected chi connectivity index (χ2v) is 6.99. The van der Waals surface area contributed by atoms with Gasteiger partial charge in [0.15, 0.2) is 0 Å². The highest BCUT2D eigenvalue weighted by molar-refractivity contribution is 7.99. The maximum absolute atomic E-state index is 4.71. The minimum Gasteiger partial charge on any atom is -0.370 e. The number of nitrogens with zero attached hydrogens (tertiary/aromatic N) is 2. The van der Waals surface area contributed by atoms with Crippen LogP contribution in [0.3, 0.4) is 0 Å². The molecule has 112 valence electrons. The molecular weight excluding hydrogens is 266 g/mol. The first kappa shape index (κ1) is 15.6. The summed E-state index contributed by atoms with van der Waals surface area (Å²) in [5.74, 6) is 2.97. The number of hydrogen-bond acceptors (Lipinski definition) is 4. The van der Waals surface area contributed by atoms with E-state index in [0.29, 0.717) is 0 Å². The van der Waals surface area contributed by atoms with Gasteiger partial charge < -0.3 is 5.32 Å². The fraction of sp³-hybridized carbons (Fsp3) is 0.750. The van der Waals surface area contributed by atoms with Crippen molar-refractivity contribution in [3.63, 3.8) is 0 Å². The minimum atomic E-state index is 0.820. The highest BCUT2D eigenvalue weighted by Crippen LogP contribution is 2.30. The molecule has 0 saturated heterocycles. The number of rotatable bonds is 6. The Morgan fingerprint density at radius 3 is 2.60 bits per heavy atom. The molecule has 0 bridgehead atoms. The first-order chi connectivity index (χ1) is 9.70. The fourth-order valence-electron chi connectivity index (χ4n) is 2.59. The molecule has 1 aliphatic rings. The zero-order valence-corrected chi connectivity index (χ0v) is 13.9. The molecule has 3 nitrogen and oxygen atoms in total. The minimum absolute atomic E-state index is 0.820. The molecule has 0 aliphatic heterocycles. The molecule has 0 unspecified atom stereocenters. The van der Waals surface area contributed by atoms with Crippen molar-refractivity contribution in [1.29, 1.82) is 0 Å². The molecule has 0 amide bonds. The Hall–Kier alpha value is -0.770. The van der Waals surface area contributed by atoms with E-state index in [4.69, 9.17) is 4.98 Å². The van der Waals surface area contributed by atoms with Crippen LogP contribution in [-0.2, 0) is 5.75 Å². The van der Waals surface area contributed by atoms with Gasteiger partial charge in [-0.3, -0.25) is 0 Å². The van der Waals surface area contributed by atoms with Gasteiger partial charge in [0, 0.05) is 23.1 Å². The van der Waals surface area contributed by atoms with Crippen LogP contribution in [0.5, 0.6) is 0 Å². The largest absolute Gasteiger partial charge is 0.370 e. The van der Waals surface area contributed by atoms with Gasteiger partial charge >= 0.3 is 0 Å². The Labute approximate surface area is 127 Å². The number of thioether (sulfide) groups is 1. The molecule has 1 N–H and O–H groups in total. The highest BCUT2D eigenvalue weighted by atomic mass is 32.2. The van der Waals surface area contributed by atoms with Crippen molar-refractivity contribution in [3.05, 3.63) is 17.1 Å². The van der Waals surface area contributed by atoms with E-state index in [1.165, 1.54) is 37.7 Å². The van der Waals surface area contributed by atoms with Crippen molar-refractivity contribution in [2.45, 2.75) is 70.3 Å². The van der Waals surface area contributed by atoms with Gasteiger partial charge in [0.1, 0.15) is 11.6 Å². The van der Waals surface area contributed by atoms with Crippen LogP contribution >= 0.6 is 11.8 Å². The standard InChI is InChI=1S/C16H27N3S/c1-4-10-17-16-12(2)13(3)18-15(19-16)11-20-14-8-6-5-7-9-14/h14H,4-11H2,1-3H3,(H,17,18,19). The summed E-state index contributed by atoms with van der Waals surface area (Å²) in [5.41, 5.74) is 2.29. The lowest BCUT2D eigenvalue weighted by molar-refractivity contribution is 0.516. The molecule has 4 heteroatoms. The monoisotopic (exact) mass is 293 g/mol. The van der Waals surface area contributed by atoms with E-state index in [-0.39, 0.29) is 0 Å². The average molecular weight is 293 g/mol. The number of nitrogens with one attached hydrogen (secondary N) is 1. The lowest BCUT2D eigenvalue weighted by atomic mass is 10.0. The van der Waals surface area contributed by atoms with Crippen molar-refractivity contribution < 1.29 is 0 Å². The van der Waals surface area contributed by atoms with E-state index >= 15 is 0 Å². The van der Waals surface area contributed by atoms with Crippen LogP contribution in [0.15, 0.2) is 0 Å². The Balaban J connectivity index is 1.97. The lowest BCUT2D eigenvalue weighted by Crippen LogP contribution is -2.11. The van der Waals surface area contributed by atoms with E-state index in [0.717, 1.165) is 41.3 Å². The second-order valence-electron chi connectivity index (χ2n) is 5.70. The quantitative estimate of drug-likeness (QED) is 0.839. The van der Waals surface area contributed by atoms with Crippen molar-refractivity contribution in [2.24, 2.45) is 0 Å². The number of aryl methyl sites for hydroxylation is 1. The lowest BCUT2D eigenvalue weighted by Gasteiger charge is -2.20. The van der Waals surface area contributed by atoms with Crippen LogP contribution in [0.1, 0.15) is 62.5 Å². The SMILES string of the molecule is CCCNc1nc(CSC2CCCCC2)nc(C)c1C. The highest BCUT2D eigenvalue weighted by Gasteiger charge is 2.15. The van der Waals surface area contributed by atoms with Gasteiger partial charge in [0.05, 0.1) is 5.75 Å². The number of hydrogen-bond donors (Lipinski definition) is 1. The van der Waals surface area contributed by atoms with Gasteiger partial charge in [-0.2, -0.15) is 11.8 Å². The van der Waals surface area contributed by atoms with Crippen LogP contribution in [0.4, 0.5) is 5.82 Å². The van der Waals surface area contributed by atoms with Crippen LogP contribution < -0.4 is 5.32 Å². The second kappa shape index (κ2) is 7.87. The smallest absolute Gasteiger partial charge is 0.140 e. The van der Waals surface area contributed by atoms with Gasteiger partial charge in [0.25, 0.3) is 0 Å². The molecule has 1 aromatic heterocycles. The maximum atomic E-state index is 4.71. The Kier molecular flexibility index (Phi) is 6.14. The summed E-state index contributed by atoms with van der Waals surface area (Å²) in [5, 5.41) is 4.24. The summed E-state index contributed by atoms with van der Waals surface area (Å²) in [4.78, 5) is 9.37. The third-order valence-corrected chi connectivity index (χ3v) is 5.35. The molecule has 1 heterocycles. The van der Waals surface area contributed by atoms with Crippen LogP contribution in [0.2, 0.25) is 0 Å². The Bertz CT molecular complexity index is 428. The zero-order chi connectivity index (χ0) is 14.4. The molecule has 1 aliphatic carbocycles. The summed E-state index contributed by atoms with van der Waals surface area (Å²) in [7, 11) is 0. The number of aromatic nitrogens is 2. The normalized spacial score (nSPS) is 16.4. The van der Waals surface area contributed by atoms with Crippen molar-refractivity contribution in [1.82, 2.24) is 9.97 Å². The van der Waals surface area contributed by atoms with Gasteiger partial charge in [0.2, 0.25) is 0 Å². The molecule has 0 aromatic carbocycles. The first-order valence-corrected chi connectivity index (χ1v) is 8.95. The van der Waals surface area contributed by atoms with Crippen LogP contribution in [0, 0.1) is 13.8 Å². The molecule has 0 radical (unpaired) electrons. The average Bonchev–Trinajstić information content (AvgIpc) is 2.48. The van der Waals surface area contributed by atoms with Gasteiger partial charge in [-0.05, 0) is 33.1 Å². The zero-order valence-electron chi connectivity index (χ0n) is 13.0. The third kappa shape index (κ3) is 4.37. The predicted molar refractivity (Wildman–Crippen MR) is 88.5 cm³/mol. The summed E-state index contributed by atoms with van der Waals surface area (Å²) in [6.07, 6.45) is 8.08. The molecule has 0 spiro atoms. The van der Waals surface area contributed by atoms with Crippen molar-refractivity contribution in [2.75, 3.05) is 11.9 Å². The molecular formula is C16H27N3S.